The molecule has 3 atom stereocenters. The molecule has 2 heteroatoms. The third kappa shape index (κ3) is 6.91. The molecule has 0 aliphatic heterocycles. The number of aliphatic hydroxyl groups excluding tert-OH is 1. The Hall–Kier alpha value is -0.0800. The van der Waals surface area contributed by atoms with Crippen LogP contribution in [0, 0.1) is 5.92 Å². The van der Waals surface area contributed by atoms with Gasteiger partial charge in [0, 0.05) is 6.61 Å². The van der Waals surface area contributed by atoms with E-state index in [1.165, 1.54) is 19.3 Å². The molecule has 0 heterocycles. The molecule has 0 fully saturated rings. The molecule has 1 N–H and O–H groups in total. The van der Waals surface area contributed by atoms with Crippen molar-refractivity contribution >= 4 is 0 Å². The summed E-state index contributed by atoms with van der Waals surface area (Å²) >= 11 is 0. The monoisotopic (exact) mass is 216 g/mol. The van der Waals surface area contributed by atoms with Crippen LogP contribution in [0.25, 0.3) is 0 Å². The van der Waals surface area contributed by atoms with E-state index < -0.39 is 0 Å². The molecule has 0 spiro atoms. The molecular weight excluding hydrogens is 188 g/mol. The first-order valence-electron chi connectivity index (χ1n) is 6.45. The van der Waals surface area contributed by atoms with Gasteiger partial charge in [0.2, 0.25) is 0 Å². The first-order chi connectivity index (χ1) is 7.15. The summed E-state index contributed by atoms with van der Waals surface area (Å²) in [6.45, 7) is 9.03. The minimum Gasteiger partial charge on any atom is -0.390 e. The van der Waals surface area contributed by atoms with Crippen molar-refractivity contribution in [1.29, 1.82) is 0 Å². The summed E-state index contributed by atoms with van der Waals surface area (Å²) in [5, 5.41) is 9.92. The molecule has 0 radical (unpaired) electrons. The highest BCUT2D eigenvalue weighted by Crippen LogP contribution is 2.20. The first-order valence-corrected chi connectivity index (χ1v) is 6.45. The maximum Gasteiger partial charge on any atom is 0.0805 e. The molecule has 2 nitrogen and oxygen atoms in total. The number of rotatable bonds is 9. The number of aliphatic hydroxyl groups is 1. The molecule has 92 valence electrons. The quantitative estimate of drug-likeness (QED) is 0.640. The number of hydrogen-bond acceptors (Lipinski definition) is 2. The number of hydrogen-bond donors (Lipinski definition) is 1. The minimum absolute atomic E-state index is 0.0225. The normalized spacial score (nSPS) is 17.4. The molecule has 0 amide bonds. The van der Waals surface area contributed by atoms with Crippen molar-refractivity contribution in [2.45, 2.75) is 72.0 Å². The molecule has 0 saturated heterocycles. The van der Waals surface area contributed by atoms with Gasteiger partial charge in [-0.25, -0.2) is 0 Å². The zero-order valence-corrected chi connectivity index (χ0v) is 10.8. The summed E-state index contributed by atoms with van der Waals surface area (Å²) < 4.78 is 5.40. The second-order valence-corrected chi connectivity index (χ2v) is 4.38. The second-order valence-electron chi connectivity index (χ2n) is 4.38. The predicted octanol–water partition coefficient (Wildman–Crippen LogP) is 3.38. The van der Waals surface area contributed by atoms with Crippen LogP contribution in [0.5, 0.6) is 0 Å². The van der Waals surface area contributed by atoms with Crippen LogP contribution in [-0.2, 0) is 4.74 Å². The Morgan fingerprint density at radius 3 is 2.33 bits per heavy atom. The number of ether oxygens (including phenoxy) is 1. The molecule has 3 unspecified atom stereocenters. The zero-order chi connectivity index (χ0) is 11.7. The van der Waals surface area contributed by atoms with Crippen molar-refractivity contribution in [3.63, 3.8) is 0 Å². The van der Waals surface area contributed by atoms with Crippen LogP contribution in [0.4, 0.5) is 0 Å². The maximum absolute atomic E-state index is 9.92. The molecule has 0 aromatic carbocycles. The van der Waals surface area contributed by atoms with Gasteiger partial charge in [-0.1, -0.05) is 39.5 Å². The second kappa shape index (κ2) is 9.17. The van der Waals surface area contributed by atoms with Crippen LogP contribution in [0.3, 0.4) is 0 Å². The Kier molecular flexibility index (Phi) is 9.12. The molecule has 0 bridgehead atoms. The van der Waals surface area contributed by atoms with Gasteiger partial charge in [0.15, 0.2) is 0 Å². The van der Waals surface area contributed by atoms with E-state index in [9.17, 15) is 5.11 Å². The standard InChI is InChI=1S/C13H28O2/c1-5-8-9-12(6-2)10-13(14)11(4)15-7-3/h11-14H,5-10H2,1-4H3. The lowest BCUT2D eigenvalue weighted by Gasteiger charge is -2.23. The average molecular weight is 216 g/mol. The van der Waals surface area contributed by atoms with Crippen LogP contribution >= 0.6 is 0 Å². The van der Waals surface area contributed by atoms with Gasteiger partial charge >= 0.3 is 0 Å². The molecule has 15 heavy (non-hydrogen) atoms. The highest BCUT2D eigenvalue weighted by molar-refractivity contribution is 4.69. The van der Waals surface area contributed by atoms with Gasteiger partial charge in [0.1, 0.15) is 0 Å². The highest BCUT2D eigenvalue weighted by Gasteiger charge is 2.18. The van der Waals surface area contributed by atoms with Crippen LogP contribution < -0.4 is 0 Å². The molecule has 0 aliphatic rings. The summed E-state index contributed by atoms with van der Waals surface area (Å²) in [4.78, 5) is 0. The maximum atomic E-state index is 9.92. The van der Waals surface area contributed by atoms with Gasteiger partial charge in [-0.15, -0.1) is 0 Å². The van der Waals surface area contributed by atoms with E-state index in [1.807, 2.05) is 13.8 Å². The van der Waals surface area contributed by atoms with Crippen molar-refractivity contribution in [2.75, 3.05) is 6.61 Å². The Labute approximate surface area is 95.0 Å². The fourth-order valence-corrected chi connectivity index (χ4v) is 1.89. The van der Waals surface area contributed by atoms with Crippen LogP contribution in [-0.4, -0.2) is 23.9 Å². The van der Waals surface area contributed by atoms with Crippen molar-refractivity contribution in [1.82, 2.24) is 0 Å². The molecule has 0 aliphatic carbocycles. The lowest BCUT2D eigenvalue weighted by atomic mass is 9.92. The van der Waals surface area contributed by atoms with E-state index in [-0.39, 0.29) is 12.2 Å². The van der Waals surface area contributed by atoms with Crippen molar-refractivity contribution in [3.8, 4) is 0 Å². The van der Waals surface area contributed by atoms with Gasteiger partial charge in [0.25, 0.3) is 0 Å². The smallest absolute Gasteiger partial charge is 0.0805 e. The van der Waals surface area contributed by atoms with Gasteiger partial charge in [-0.3, -0.25) is 0 Å². The van der Waals surface area contributed by atoms with Crippen molar-refractivity contribution in [3.05, 3.63) is 0 Å². The Bertz CT molecular complexity index is 136. The molecule has 0 aromatic heterocycles. The fourth-order valence-electron chi connectivity index (χ4n) is 1.89. The van der Waals surface area contributed by atoms with E-state index in [4.69, 9.17) is 4.74 Å². The third-order valence-electron chi connectivity index (χ3n) is 3.09. The summed E-state index contributed by atoms with van der Waals surface area (Å²) in [7, 11) is 0. The predicted molar refractivity (Wildman–Crippen MR) is 65.0 cm³/mol. The highest BCUT2D eigenvalue weighted by atomic mass is 16.5. The first kappa shape index (κ1) is 14.9. The molecule has 0 saturated carbocycles. The topological polar surface area (TPSA) is 29.5 Å². The van der Waals surface area contributed by atoms with Crippen LogP contribution in [0.2, 0.25) is 0 Å². The summed E-state index contributed by atoms with van der Waals surface area (Å²) in [5.74, 6) is 0.655. The molecule has 0 aromatic rings. The molecular formula is C13H28O2. The zero-order valence-electron chi connectivity index (χ0n) is 10.8. The van der Waals surface area contributed by atoms with E-state index in [0.29, 0.717) is 12.5 Å². The largest absolute Gasteiger partial charge is 0.390 e. The van der Waals surface area contributed by atoms with E-state index in [0.717, 1.165) is 12.8 Å². The minimum atomic E-state index is -0.299. The van der Waals surface area contributed by atoms with Crippen molar-refractivity contribution in [2.24, 2.45) is 5.92 Å². The SMILES string of the molecule is CCCCC(CC)CC(O)C(C)OCC. The van der Waals surface area contributed by atoms with Crippen LogP contribution in [0.1, 0.15) is 59.8 Å². The Balaban J connectivity index is 3.83. The lowest BCUT2D eigenvalue weighted by Crippen LogP contribution is -2.28. The number of unbranched alkanes of at least 4 members (excludes halogenated alkanes) is 1. The lowest BCUT2D eigenvalue weighted by molar-refractivity contribution is -0.0321. The Morgan fingerprint density at radius 1 is 1.20 bits per heavy atom. The Morgan fingerprint density at radius 2 is 1.87 bits per heavy atom. The summed E-state index contributed by atoms with van der Waals surface area (Å²) in [5.41, 5.74) is 0. The fraction of sp³-hybridized carbons (Fsp3) is 1.00. The summed E-state index contributed by atoms with van der Waals surface area (Å²) in [6.07, 6.45) is 5.48. The molecule has 0 rings (SSSR count). The van der Waals surface area contributed by atoms with E-state index in [1.54, 1.807) is 0 Å². The van der Waals surface area contributed by atoms with E-state index >= 15 is 0 Å². The van der Waals surface area contributed by atoms with Crippen LogP contribution in [0.15, 0.2) is 0 Å². The average Bonchev–Trinajstić information content (AvgIpc) is 2.24. The van der Waals surface area contributed by atoms with Crippen molar-refractivity contribution < 1.29 is 9.84 Å². The summed E-state index contributed by atoms with van der Waals surface area (Å²) in [6, 6.07) is 0. The third-order valence-corrected chi connectivity index (χ3v) is 3.09. The van der Waals surface area contributed by atoms with Gasteiger partial charge in [-0.05, 0) is 26.2 Å². The van der Waals surface area contributed by atoms with E-state index in [2.05, 4.69) is 13.8 Å². The van der Waals surface area contributed by atoms with Gasteiger partial charge < -0.3 is 9.84 Å². The van der Waals surface area contributed by atoms with Gasteiger partial charge in [0.05, 0.1) is 12.2 Å². The van der Waals surface area contributed by atoms with Gasteiger partial charge in [-0.2, -0.15) is 0 Å².